The molecule has 1 N–H and O–H groups in total. The van der Waals surface area contributed by atoms with Gasteiger partial charge >= 0.3 is 12.0 Å². The number of amides is 2. The van der Waals surface area contributed by atoms with Gasteiger partial charge in [0.15, 0.2) is 0 Å². The standard InChI is InChI=1S/C15H26N2O4/c1-15(2,13(18)19)12-5-3-6-17(11-12)14(20)16-7-4-9-21-10-8-16/h12H,3-11H2,1-2H3,(H,18,19). The van der Waals surface area contributed by atoms with Gasteiger partial charge in [0.1, 0.15) is 0 Å². The van der Waals surface area contributed by atoms with Crippen LogP contribution in [0.25, 0.3) is 0 Å². The Kier molecular flexibility index (Phi) is 5.08. The molecule has 0 aromatic carbocycles. The van der Waals surface area contributed by atoms with Crippen LogP contribution in [-0.4, -0.2) is 66.3 Å². The van der Waals surface area contributed by atoms with E-state index in [4.69, 9.17) is 4.74 Å². The highest BCUT2D eigenvalue weighted by molar-refractivity contribution is 5.76. The lowest BCUT2D eigenvalue weighted by atomic mass is 9.74. The van der Waals surface area contributed by atoms with E-state index in [1.807, 2.05) is 9.80 Å². The summed E-state index contributed by atoms with van der Waals surface area (Å²) in [5.74, 6) is -0.777. The summed E-state index contributed by atoms with van der Waals surface area (Å²) in [6.07, 6.45) is 2.60. The van der Waals surface area contributed by atoms with Gasteiger partial charge in [-0.05, 0) is 39.0 Å². The van der Waals surface area contributed by atoms with Crippen molar-refractivity contribution in [2.75, 3.05) is 39.4 Å². The molecule has 0 saturated carbocycles. The van der Waals surface area contributed by atoms with Crippen LogP contribution in [0.5, 0.6) is 0 Å². The lowest BCUT2D eigenvalue weighted by Gasteiger charge is -2.40. The average molecular weight is 298 g/mol. The first-order valence-electron chi connectivity index (χ1n) is 7.78. The quantitative estimate of drug-likeness (QED) is 0.841. The van der Waals surface area contributed by atoms with Gasteiger partial charge in [-0.15, -0.1) is 0 Å². The topological polar surface area (TPSA) is 70.1 Å². The largest absolute Gasteiger partial charge is 0.481 e. The van der Waals surface area contributed by atoms with Gasteiger partial charge in [-0.2, -0.15) is 0 Å². The van der Waals surface area contributed by atoms with Crippen LogP contribution >= 0.6 is 0 Å². The molecule has 0 aliphatic carbocycles. The van der Waals surface area contributed by atoms with Crippen LogP contribution in [0.15, 0.2) is 0 Å². The molecule has 2 rings (SSSR count). The SMILES string of the molecule is CC(C)(C(=O)O)C1CCCN(C(=O)N2CCCOCC2)C1. The average Bonchev–Trinajstić information content (AvgIpc) is 2.75. The molecule has 0 aromatic rings. The third-order valence-electron chi connectivity index (χ3n) is 4.76. The molecule has 2 aliphatic heterocycles. The first kappa shape index (κ1) is 16.1. The number of hydrogen-bond donors (Lipinski definition) is 1. The maximum Gasteiger partial charge on any atom is 0.320 e. The first-order chi connectivity index (χ1) is 9.93. The van der Waals surface area contributed by atoms with Gasteiger partial charge in [0.25, 0.3) is 0 Å². The second kappa shape index (κ2) is 6.64. The molecule has 2 amide bonds. The predicted molar refractivity (Wildman–Crippen MR) is 78.1 cm³/mol. The maximum atomic E-state index is 12.6. The third-order valence-corrected chi connectivity index (χ3v) is 4.76. The van der Waals surface area contributed by atoms with Gasteiger partial charge < -0.3 is 19.6 Å². The summed E-state index contributed by atoms with van der Waals surface area (Å²) in [5, 5.41) is 9.37. The zero-order valence-electron chi connectivity index (χ0n) is 13.0. The highest BCUT2D eigenvalue weighted by Crippen LogP contribution is 2.34. The van der Waals surface area contributed by atoms with Crippen LogP contribution in [0.3, 0.4) is 0 Å². The third kappa shape index (κ3) is 3.67. The van der Waals surface area contributed by atoms with Gasteiger partial charge in [-0.25, -0.2) is 4.79 Å². The highest BCUT2D eigenvalue weighted by Gasteiger charge is 2.40. The molecule has 1 unspecified atom stereocenters. The van der Waals surface area contributed by atoms with E-state index in [0.717, 1.165) is 32.4 Å². The number of hydrogen-bond acceptors (Lipinski definition) is 3. The zero-order valence-corrected chi connectivity index (χ0v) is 13.0. The molecule has 6 heteroatoms. The first-order valence-corrected chi connectivity index (χ1v) is 7.78. The van der Waals surface area contributed by atoms with Gasteiger partial charge in [0.05, 0.1) is 12.0 Å². The van der Waals surface area contributed by atoms with Crippen molar-refractivity contribution in [3.05, 3.63) is 0 Å². The fourth-order valence-corrected chi connectivity index (χ4v) is 3.05. The van der Waals surface area contributed by atoms with Crippen LogP contribution in [0.4, 0.5) is 4.79 Å². The summed E-state index contributed by atoms with van der Waals surface area (Å²) in [6, 6.07) is 0.0337. The van der Waals surface area contributed by atoms with Crippen LogP contribution in [0.2, 0.25) is 0 Å². The summed E-state index contributed by atoms with van der Waals surface area (Å²) >= 11 is 0. The van der Waals surface area contributed by atoms with E-state index in [9.17, 15) is 14.7 Å². The number of carboxylic acid groups (broad SMARTS) is 1. The minimum absolute atomic E-state index is 0.0101. The van der Waals surface area contributed by atoms with Gasteiger partial charge in [0, 0.05) is 32.8 Å². The lowest BCUT2D eigenvalue weighted by molar-refractivity contribution is -0.151. The van der Waals surface area contributed by atoms with Crippen LogP contribution in [-0.2, 0) is 9.53 Å². The minimum atomic E-state index is -0.791. The molecular weight excluding hydrogens is 272 g/mol. The Labute approximate surface area is 126 Å². The number of rotatable bonds is 2. The second-order valence-electron chi connectivity index (χ2n) is 6.55. The number of nitrogens with zero attached hydrogens (tertiary/aromatic N) is 2. The Morgan fingerprint density at radius 3 is 2.52 bits per heavy atom. The van der Waals surface area contributed by atoms with Crippen LogP contribution < -0.4 is 0 Å². The van der Waals surface area contributed by atoms with E-state index in [1.54, 1.807) is 13.8 Å². The number of carbonyl (C=O) groups excluding carboxylic acids is 1. The maximum absolute atomic E-state index is 12.6. The number of aliphatic carboxylic acids is 1. The number of carboxylic acids is 1. The molecule has 2 fully saturated rings. The number of urea groups is 1. The minimum Gasteiger partial charge on any atom is -0.481 e. The Morgan fingerprint density at radius 1 is 1.10 bits per heavy atom. The molecule has 2 aliphatic rings. The van der Waals surface area contributed by atoms with E-state index in [1.165, 1.54) is 0 Å². The Bertz CT molecular complexity index is 389. The molecule has 0 bridgehead atoms. The van der Waals surface area contributed by atoms with E-state index in [-0.39, 0.29) is 11.9 Å². The Hall–Kier alpha value is -1.30. The summed E-state index contributed by atoms with van der Waals surface area (Å²) in [5.41, 5.74) is -0.791. The van der Waals surface area contributed by atoms with E-state index >= 15 is 0 Å². The smallest absolute Gasteiger partial charge is 0.320 e. The molecule has 2 saturated heterocycles. The molecule has 21 heavy (non-hydrogen) atoms. The molecule has 6 nitrogen and oxygen atoms in total. The fourth-order valence-electron chi connectivity index (χ4n) is 3.05. The molecule has 2 heterocycles. The molecular formula is C15H26N2O4. The van der Waals surface area contributed by atoms with E-state index in [2.05, 4.69) is 0 Å². The monoisotopic (exact) mass is 298 g/mol. The van der Waals surface area contributed by atoms with Gasteiger partial charge in [0.2, 0.25) is 0 Å². The predicted octanol–water partition coefficient (Wildman–Crippen LogP) is 1.65. The van der Waals surface area contributed by atoms with Crippen molar-refractivity contribution in [3.8, 4) is 0 Å². The van der Waals surface area contributed by atoms with E-state index in [0.29, 0.717) is 26.3 Å². The molecule has 0 aromatic heterocycles. The zero-order chi connectivity index (χ0) is 15.5. The van der Waals surface area contributed by atoms with Crippen molar-refractivity contribution >= 4 is 12.0 Å². The highest BCUT2D eigenvalue weighted by atomic mass is 16.5. The van der Waals surface area contributed by atoms with Crippen molar-refractivity contribution in [1.82, 2.24) is 9.80 Å². The van der Waals surface area contributed by atoms with Crippen molar-refractivity contribution in [3.63, 3.8) is 0 Å². The number of piperidine rings is 1. The molecule has 120 valence electrons. The molecule has 1 atom stereocenters. The summed E-state index contributed by atoms with van der Waals surface area (Å²) < 4.78 is 5.38. The van der Waals surface area contributed by atoms with Crippen LogP contribution in [0.1, 0.15) is 33.1 Å². The number of ether oxygens (including phenoxy) is 1. The van der Waals surface area contributed by atoms with Crippen molar-refractivity contribution < 1.29 is 19.4 Å². The molecule has 0 radical (unpaired) electrons. The van der Waals surface area contributed by atoms with Gasteiger partial charge in [-0.1, -0.05) is 0 Å². The van der Waals surface area contributed by atoms with Crippen molar-refractivity contribution in [2.24, 2.45) is 11.3 Å². The fraction of sp³-hybridized carbons (Fsp3) is 0.867. The Balaban J connectivity index is 1.99. The second-order valence-corrected chi connectivity index (χ2v) is 6.55. The summed E-state index contributed by atoms with van der Waals surface area (Å²) in [6.45, 7) is 7.42. The normalized spacial score (nSPS) is 24.6. The summed E-state index contributed by atoms with van der Waals surface area (Å²) in [4.78, 5) is 27.7. The van der Waals surface area contributed by atoms with Gasteiger partial charge in [-0.3, -0.25) is 4.79 Å². The Morgan fingerprint density at radius 2 is 1.81 bits per heavy atom. The lowest BCUT2D eigenvalue weighted by Crippen LogP contribution is -2.51. The number of likely N-dealkylation sites (tertiary alicyclic amines) is 1. The van der Waals surface area contributed by atoms with Crippen molar-refractivity contribution in [2.45, 2.75) is 33.1 Å². The summed E-state index contributed by atoms with van der Waals surface area (Å²) in [7, 11) is 0. The molecule has 0 spiro atoms. The van der Waals surface area contributed by atoms with Crippen molar-refractivity contribution in [1.29, 1.82) is 0 Å². The number of carbonyl (C=O) groups is 2. The van der Waals surface area contributed by atoms with Crippen LogP contribution in [0, 0.1) is 11.3 Å². The van der Waals surface area contributed by atoms with E-state index < -0.39 is 11.4 Å².